The molecule has 0 amide bonds. The van der Waals surface area contributed by atoms with E-state index < -0.39 is 0 Å². The van der Waals surface area contributed by atoms with Gasteiger partial charge in [0, 0.05) is 17.3 Å². The van der Waals surface area contributed by atoms with Gasteiger partial charge < -0.3 is 0 Å². The van der Waals surface area contributed by atoms with Gasteiger partial charge in [0.25, 0.3) is 0 Å². The summed E-state index contributed by atoms with van der Waals surface area (Å²) in [7, 11) is 0. The normalized spacial score (nSPS) is 10.5. The number of thiazole rings is 1. The highest BCUT2D eigenvalue weighted by molar-refractivity contribution is 7.13. The number of aryl methyl sites for hydroxylation is 1. The molecule has 3 nitrogen and oxygen atoms in total. The number of hydrogen-bond acceptors (Lipinski definition) is 4. The van der Waals surface area contributed by atoms with E-state index in [4.69, 9.17) is 0 Å². The summed E-state index contributed by atoms with van der Waals surface area (Å²) in [6.45, 7) is 1.98. The fourth-order valence-electron chi connectivity index (χ4n) is 1.69. The standard InChI is InChI=1S/C14H11N3S/c1-10-5-4-7-12(16-10)14-17-13(9-18-14)11-6-2-3-8-15-11/h2-9H,1H3. The van der Waals surface area contributed by atoms with Crippen LogP contribution in [-0.4, -0.2) is 15.0 Å². The van der Waals surface area contributed by atoms with E-state index in [1.807, 2.05) is 48.7 Å². The molecule has 4 heteroatoms. The minimum atomic E-state index is 0.896. The molecule has 0 N–H and O–H groups in total. The number of pyridine rings is 2. The summed E-state index contributed by atoms with van der Waals surface area (Å²) >= 11 is 1.59. The van der Waals surface area contributed by atoms with Crippen molar-refractivity contribution >= 4 is 11.3 Å². The van der Waals surface area contributed by atoms with E-state index in [9.17, 15) is 0 Å². The molecule has 0 aliphatic carbocycles. The van der Waals surface area contributed by atoms with Crippen molar-refractivity contribution in [2.45, 2.75) is 6.92 Å². The lowest BCUT2D eigenvalue weighted by atomic mass is 10.3. The van der Waals surface area contributed by atoms with E-state index in [1.165, 1.54) is 0 Å². The molecule has 0 atom stereocenters. The van der Waals surface area contributed by atoms with Gasteiger partial charge in [0.15, 0.2) is 0 Å². The zero-order chi connectivity index (χ0) is 12.4. The van der Waals surface area contributed by atoms with E-state index >= 15 is 0 Å². The van der Waals surface area contributed by atoms with Crippen LogP contribution < -0.4 is 0 Å². The molecule has 0 aliphatic rings. The highest BCUT2D eigenvalue weighted by Crippen LogP contribution is 2.26. The van der Waals surface area contributed by atoms with Crippen LogP contribution in [0.2, 0.25) is 0 Å². The third-order valence-corrected chi connectivity index (χ3v) is 3.40. The van der Waals surface area contributed by atoms with E-state index in [2.05, 4.69) is 15.0 Å². The van der Waals surface area contributed by atoms with Crippen LogP contribution >= 0.6 is 11.3 Å². The number of nitrogens with zero attached hydrogens (tertiary/aromatic N) is 3. The van der Waals surface area contributed by atoms with Gasteiger partial charge >= 0.3 is 0 Å². The maximum absolute atomic E-state index is 4.59. The first kappa shape index (κ1) is 11.0. The summed E-state index contributed by atoms with van der Waals surface area (Å²) in [6, 6.07) is 11.8. The van der Waals surface area contributed by atoms with Crippen LogP contribution in [0.4, 0.5) is 0 Å². The Morgan fingerprint density at radius 1 is 0.889 bits per heavy atom. The van der Waals surface area contributed by atoms with Crippen molar-refractivity contribution in [1.29, 1.82) is 0 Å². The summed E-state index contributed by atoms with van der Waals surface area (Å²) in [6.07, 6.45) is 1.78. The highest BCUT2D eigenvalue weighted by Gasteiger charge is 2.08. The third kappa shape index (κ3) is 2.15. The molecule has 0 aromatic carbocycles. The lowest BCUT2D eigenvalue weighted by molar-refractivity contribution is 1.19. The fraction of sp³-hybridized carbons (Fsp3) is 0.0714. The van der Waals surface area contributed by atoms with Gasteiger partial charge in [-0.1, -0.05) is 12.1 Å². The van der Waals surface area contributed by atoms with Gasteiger partial charge in [-0.2, -0.15) is 0 Å². The molecule has 3 aromatic heterocycles. The molecular formula is C14H11N3S. The largest absolute Gasteiger partial charge is 0.255 e. The number of aromatic nitrogens is 3. The number of hydrogen-bond donors (Lipinski definition) is 0. The summed E-state index contributed by atoms with van der Waals surface area (Å²) in [5.74, 6) is 0. The van der Waals surface area contributed by atoms with Crippen LogP contribution in [0.25, 0.3) is 22.1 Å². The lowest BCUT2D eigenvalue weighted by Gasteiger charge is -1.97. The fourth-order valence-corrected chi connectivity index (χ4v) is 2.47. The van der Waals surface area contributed by atoms with Gasteiger partial charge in [-0.05, 0) is 31.2 Å². The minimum Gasteiger partial charge on any atom is -0.255 e. The van der Waals surface area contributed by atoms with Crippen LogP contribution in [0, 0.1) is 6.92 Å². The molecule has 3 rings (SSSR count). The monoisotopic (exact) mass is 253 g/mol. The number of rotatable bonds is 2. The maximum atomic E-state index is 4.59. The zero-order valence-corrected chi connectivity index (χ0v) is 10.7. The Balaban J connectivity index is 2.00. The van der Waals surface area contributed by atoms with Crippen molar-refractivity contribution in [3.05, 3.63) is 53.7 Å². The van der Waals surface area contributed by atoms with E-state index in [0.29, 0.717) is 0 Å². The quantitative estimate of drug-likeness (QED) is 0.700. The average molecular weight is 253 g/mol. The van der Waals surface area contributed by atoms with Gasteiger partial charge in [0.05, 0.1) is 11.4 Å². The molecule has 0 fully saturated rings. The Morgan fingerprint density at radius 3 is 2.56 bits per heavy atom. The van der Waals surface area contributed by atoms with Gasteiger partial charge in [-0.3, -0.25) is 9.97 Å². The smallest absolute Gasteiger partial charge is 0.142 e. The molecule has 0 saturated heterocycles. The van der Waals surface area contributed by atoms with Crippen LogP contribution in [-0.2, 0) is 0 Å². The first-order valence-corrected chi connectivity index (χ1v) is 6.52. The second-order valence-electron chi connectivity index (χ2n) is 3.92. The molecule has 0 radical (unpaired) electrons. The third-order valence-electron chi connectivity index (χ3n) is 2.54. The molecular weight excluding hydrogens is 242 g/mol. The van der Waals surface area contributed by atoms with Gasteiger partial charge in [-0.15, -0.1) is 11.3 Å². The summed E-state index contributed by atoms with van der Waals surface area (Å²) in [5, 5.41) is 2.95. The van der Waals surface area contributed by atoms with E-state index in [-0.39, 0.29) is 0 Å². The van der Waals surface area contributed by atoms with Crippen molar-refractivity contribution in [3.8, 4) is 22.1 Å². The van der Waals surface area contributed by atoms with E-state index in [0.717, 1.165) is 27.8 Å². The van der Waals surface area contributed by atoms with Crippen molar-refractivity contribution in [1.82, 2.24) is 15.0 Å². The Bertz CT molecular complexity index is 662. The van der Waals surface area contributed by atoms with E-state index in [1.54, 1.807) is 17.5 Å². The average Bonchev–Trinajstić information content (AvgIpc) is 2.89. The van der Waals surface area contributed by atoms with Gasteiger partial charge in [0.2, 0.25) is 0 Å². The van der Waals surface area contributed by atoms with Crippen molar-refractivity contribution in [3.63, 3.8) is 0 Å². The van der Waals surface area contributed by atoms with Crippen molar-refractivity contribution < 1.29 is 0 Å². The molecule has 0 saturated carbocycles. The highest BCUT2D eigenvalue weighted by atomic mass is 32.1. The van der Waals surface area contributed by atoms with Crippen LogP contribution in [0.15, 0.2) is 48.0 Å². The second kappa shape index (κ2) is 4.66. The molecule has 88 valence electrons. The second-order valence-corrected chi connectivity index (χ2v) is 4.78. The van der Waals surface area contributed by atoms with Crippen molar-refractivity contribution in [2.24, 2.45) is 0 Å². The molecule has 0 bridgehead atoms. The first-order chi connectivity index (χ1) is 8.83. The molecule has 0 aliphatic heterocycles. The Kier molecular flexibility index (Phi) is 2.86. The SMILES string of the molecule is Cc1cccc(-c2nc(-c3ccccn3)cs2)n1. The predicted molar refractivity (Wildman–Crippen MR) is 73.3 cm³/mol. The molecule has 18 heavy (non-hydrogen) atoms. The molecule has 3 aromatic rings. The Labute approximate surface area is 109 Å². The van der Waals surface area contributed by atoms with Gasteiger partial charge in [0.1, 0.15) is 10.7 Å². The first-order valence-electron chi connectivity index (χ1n) is 5.64. The molecule has 0 spiro atoms. The molecule has 3 heterocycles. The molecule has 0 unspecified atom stereocenters. The Morgan fingerprint density at radius 2 is 1.78 bits per heavy atom. The summed E-state index contributed by atoms with van der Waals surface area (Å²) in [5.41, 5.74) is 3.72. The topological polar surface area (TPSA) is 38.7 Å². The zero-order valence-electron chi connectivity index (χ0n) is 9.87. The van der Waals surface area contributed by atoms with Crippen LogP contribution in [0.5, 0.6) is 0 Å². The maximum Gasteiger partial charge on any atom is 0.142 e. The van der Waals surface area contributed by atoms with Gasteiger partial charge in [-0.25, -0.2) is 4.98 Å². The minimum absolute atomic E-state index is 0.896. The Hall–Kier alpha value is -2.07. The van der Waals surface area contributed by atoms with Crippen LogP contribution in [0.1, 0.15) is 5.69 Å². The van der Waals surface area contributed by atoms with Crippen LogP contribution in [0.3, 0.4) is 0 Å². The summed E-state index contributed by atoms with van der Waals surface area (Å²) in [4.78, 5) is 13.4. The summed E-state index contributed by atoms with van der Waals surface area (Å²) < 4.78 is 0. The predicted octanol–water partition coefficient (Wildman–Crippen LogP) is 3.58. The van der Waals surface area contributed by atoms with Crippen molar-refractivity contribution in [2.75, 3.05) is 0 Å². The lowest BCUT2D eigenvalue weighted by Crippen LogP contribution is -1.86.